The number of benzene rings is 1. The van der Waals surface area contributed by atoms with Crippen molar-refractivity contribution in [3.63, 3.8) is 0 Å². The second-order valence-corrected chi connectivity index (χ2v) is 4.15. The summed E-state index contributed by atoms with van der Waals surface area (Å²) in [5.74, 6) is -1.09. The normalized spacial score (nSPS) is 12.4. The highest BCUT2D eigenvalue weighted by Gasteiger charge is 2.17. The number of rotatable bonds is 6. The van der Waals surface area contributed by atoms with Gasteiger partial charge >= 0.3 is 5.97 Å². The Morgan fingerprint density at radius 1 is 1.38 bits per heavy atom. The van der Waals surface area contributed by atoms with Crippen molar-refractivity contribution in [3.05, 3.63) is 35.4 Å². The number of unbranched alkanes of at least 4 members (excludes halogenated alkanes) is 1. The van der Waals surface area contributed by atoms with Crippen molar-refractivity contribution in [2.24, 2.45) is 0 Å². The molecule has 0 saturated carbocycles. The molecule has 0 aliphatic rings. The first kappa shape index (κ1) is 12.8. The van der Waals surface area contributed by atoms with Crippen molar-refractivity contribution in [1.29, 1.82) is 0 Å². The molecule has 88 valence electrons. The molecule has 0 heterocycles. The fourth-order valence-electron chi connectivity index (χ4n) is 1.90. The molecule has 0 fully saturated rings. The third-order valence-corrected chi connectivity index (χ3v) is 2.88. The van der Waals surface area contributed by atoms with Crippen LogP contribution in [-0.2, 0) is 11.2 Å². The van der Waals surface area contributed by atoms with Crippen molar-refractivity contribution in [3.8, 4) is 0 Å². The lowest BCUT2D eigenvalue weighted by Crippen LogP contribution is -2.10. The molecule has 1 aromatic carbocycles. The molecule has 16 heavy (non-hydrogen) atoms. The first-order valence-corrected chi connectivity index (χ1v) is 6.00. The van der Waals surface area contributed by atoms with E-state index in [1.807, 2.05) is 25.1 Å². The third-order valence-electron chi connectivity index (χ3n) is 2.88. The number of aryl methyl sites for hydroxylation is 1. The SMILES string of the molecule is CCCCc1cccc(C(CC)C(=O)O)c1. The average molecular weight is 220 g/mol. The Morgan fingerprint density at radius 3 is 2.69 bits per heavy atom. The molecule has 0 bridgehead atoms. The monoisotopic (exact) mass is 220 g/mol. The Labute approximate surface area is 97.3 Å². The van der Waals surface area contributed by atoms with Gasteiger partial charge in [-0.2, -0.15) is 0 Å². The minimum Gasteiger partial charge on any atom is -0.481 e. The van der Waals surface area contributed by atoms with Gasteiger partial charge in [-0.05, 0) is 30.4 Å². The summed E-state index contributed by atoms with van der Waals surface area (Å²) < 4.78 is 0. The maximum Gasteiger partial charge on any atom is 0.310 e. The van der Waals surface area contributed by atoms with Crippen LogP contribution < -0.4 is 0 Å². The number of carbonyl (C=O) groups is 1. The van der Waals surface area contributed by atoms with Gasteiger partial charge in [-0.15, -0.1) is 0 Å². The van der Waals surface area contributed by atoms with Gasteiger partial charge in [-0.25, -0.2) is 0 Å². The molecule has 1 rings (SSSR count). The second kappa shape index (κ2) is 6.31. The first-order valence-electron chi connectivity index (χ1n) is 6.00. The van der Waals surface area contributed by atoms with E-state index in [1.165, 1.54) is 12.0 Å². The van der Waals surface area contributed by atoms with E-state index in [9.17, 15) is 4.79 Å². The zero-order chi connectivity index (χ0) is 12.0. The molecular weight excluding hydrogens is 200 g/mol. The van der Waals surface area contributed by atoms with E-state index in [-0.39, 0.29) is 5.92 Å². The van der Waals surface area contributed by atoms with Crippen molar-refractivity contribution in [2.75, 3.05) is 0 Å². The fraction of sp³-hybridized carbons (Fsp3) is 0.500. The molecule has 0 saturated heterocycles. The summed E-state index contributed by atoms with van der Waals surface area (Å²) in [6, 6.07) is 8.00. The lowest BCUT2D eigenvalue weighted by molar-refractivity contribution is -0.138. The van der Waals surface area contributed by atoms with Gasteiger partial charge in [-0.1, -0.05) is 44.5 Å². The van der Waals surface area contributed by atoms with Crippen LogP contribution in [0.4, 0.5) is 0 Å². The van der Waals surface area contributed by atoms with Crippen LogP contribution >= 0.6 is 0 Å². The van der Waals surface area contributed by atoms with Crippen molar-refractivity contribution in [2.45, 2.75) is 45.4 Å². The van der Waals surface area contributed by atoms with Crippen LogP contribution in [0.1, 0.15) is 50.2 Å². The minimum atomic E-state index is -0.727. The zero-order valence-electron chi connectivity index (χ0n) is 10.1. The lowest BCUT2D eigenvalue weighted by atomic mass is 9.94. The van der Waals surface area contributed by atoms with Gasteiger partial charge in [0.2, 0.25) is 0 Å². The molecule has 1 atom stereocenters. The van der Waals surface area contributed by atoms with Crippen molar-refractivity contribution >= 4 is 5.97 Å². The summed E-state index contributed by atoms with van der Waals surface area (Å²) in [6.07, 6.45) is 4.01. The Bertz CT molecular complexity index is 344. The molecule has 0 aliphatic carbocycles. The number of carboxylic acid groups (broad SMARTS) is 1. The smallest absolute Gasteiger partial charge is 0.310 e. The molecule has 1 N–H and O–H groups in total. The largest absolute Gasteiger partial charge is 0.481 e. The summed E-state index contributed by atoms with van der Waals surface area (Å²) in [5, 5.41) is 9.09. The van der Waals surface area contributed by atoms with Crippen LogP contribution in [0.5, 0.6) is 0 Å². The number of carboxylic acids is 1. The first-order chi connectivity index (χ1) is 7.69. The lowest BCUT2D eigenvalue weighted by Gasteiger charge is -2.11. The number of hydrogen-bond acceptors (Lipinski definition) is 1. The van der Waals surface area contributed by atoms with Crippen LogP contribution in [0.3, 0.4) is 0 Å². The maximum atomic E-state index is 11.1. The Morgan fingerprint density at radius 2 is 2.12 bits per heavy atom. The average Bonchev–Trinajstić information content (AvgIpc) is 2.27. The number of aliphatic carboxylic acids is 1. The molecule has 0 aliphatic heterocycles. The minimum absolute atomic E-state index is 0.360. The number of hydrogen-bond donors (Lipinski definition) is 1. The molecule has 0 amide bonds. The molecule has 2 nitrogen and oxygen atoms in total. The summed E-state index contributed by atoms with van der Waals surface area (Å²) in [6.45, 7) is 4.08. The van der Waals surface area contributed by atoms with Crippen LogP contribution in [0.25, 0.3) is 0 Å². The molecule has 0 spiro atoms. The van der Waals surface area contributed by atoms with Gasteiger partial charge in [0.15, 0.2) is 0 Å². The molecule has 0 aromatic heterocycles. The highest BCUT2D eigenvalue weighted by Crippen LogP contribution is 2.21. The van der Waals surface area contributed by atoms with Gasteiger partial charge in [0.1, 0.15) is 0 Å². The van der Waals surface area contributed by atoms with Crippen molar-refractivity contribution in [1.82, 2.24) is 0 Å². The van der Waals surface area contributed by atoms with Crippen LogP contribution in [0, 0.1) is 0 Å². The van der Waals surface area contributed by atoms with Crippen LogP contribution in [-0.4, -0.2) is 11.1 Å². The maximum absolute atomic E-state index is 11.1. The van der Waals surface area contributed by atoms with E-state index in [0.717, 1.165) is 18.4 Å². The zero-order valence-corrected chi connectivity index (χ0v) is 10.1. The van der Waals surface area contributed by atoms with E-state index < -0.39 is 5.97 Å². The predicted molar refractivity (Wildman–Crippen MR) is 65.7 cm³/mol. The topological polar surface area (TPSA) is 37.3 Å². The summed E-state index contributed by atoms with van der Waals surface area (Å²) in [5.41, 5.74) is 2.18. The highest BCUT2D eigenvalue weighted by molar-refractivity contribution is 5.76. The van der Waals surface area contributed by atoms with Crippen LogP contribution in [0.2, 0.25) is 0 Å². The second-order valence-electron chi connectivity index (χ2n) is 4.15. The Hall–Kier alpha value is -1.31. The fourth-order valence-corrected chi connectivity index (χ4v) is 1.90. The Balaban J connectivity index is 2.83. The van der Waals surface area contributed by atoms with Gasteiger partial charge in [-0.3, -0.25) is 4.79 Å². The van der Waals surface area contributed by atoms with Gasteiger partial charge in [0, 0.05) is 0 Å². The van der Waals surface area contributed by atoms with Crippen molar-refractivity contribution < 1.29 is 9.90 Å². The van der Waals surface area contributed by atoms with E-state index in [0.29, 0.717) is 6.42 Å². The molecular formula is C14H20O2. The standard InChI is InChI=1S/C14H20O2/c1-3-5-7-11-8-6-9-12(10-11)13(4-2)14(15)16/h6,8-10,13H,3-5,7H2,1-2H3,(H,15,16). The van der Waals surface area contributed by atoms with E-state index in [4.69, 9.17) is 5.11 Å². The summed E-state index contributed by atoms with van der Waals surface area (Å²) in [4.78, 5) is 11.1. The summed E-state index contributed by atoms with van der Waals surface area (Å²) >= 11 is 0. The summed E-state index contributed by atoms with van der Waals surface area (Å²) in [7, 11) is 0. The third kappa shape index (κ3) is 3.37. The van der Waals surface area contributed by atoms with E-state index in [2.05, 4.69) is 13.0 Å². The van der Waals surface area contributed by atoms with Gasteiger partial charge in [0.25, 0.3) is 0 Å². The van der Waals surface area contributed by atoms with Crippen LogP contribution in [0.15, 0.2) is 24.3 Å². The highest BCUT2D eigenvalue weighted by atomic mass is 16.4. The molecule has 1 unspecified atom stereocenters. The molecule has 2 heteroatoms. The van der Waals surface area contributed by atoms with Gasteiger partial charge in [0.05, 0.1) is 5.92 Å². The predicted octanol–water partition coefficient (Wildman–Crippen LogP) is 3.61. The Kier molecular flexibility index (Phi) is 5.03. The van der Waals surface area contributed by atoms with E-state index >= 15 is 0 Å². The quantitative estimate of drug-likeness (QED) is 0.795. The molecule has 1 aromatic rings. The van der Waals surface area contributed by atoms with E-state index in [1.54, 1.807) is 0 Å². The molecule has 0 radical (unpaired) electrons. The van der Waals surface area contributed by atoms with Gasteiger partial charge < -0.3 is 5.11 Å².